The molecule has 0 unspecified atom stereocenters. The summed E-state index contributed by atoms with van der Waals surface area (Å²) in [7, 11) is 0. The molecule has 0 fully saturated rings. The molecule has 0 saturated carbocycles. The first-order valence-corrected chi connectivity index (χ1v) is 49.2. The topological polar surface area (TPSA) is 29.6 Å². The number of rotatable bonds is 11. The van der Waals surface area contributed by atoms with E-state index in [4.69, 9.17) is 0 Å². The van der Waals surface area contributed by atoms with Gasteiger partial charge in [0.05, 0.1) is 49.7 Å². The van der Waals surface area contributed by atoms with Crippen LogP contribution in [0.2, 0.25) is 0 Å². The predicted octanol–water partition coefficient (Wildman–Crippen LogP) is 35.4. The molecule has 0 atom stereocenters. The first kappa shape index (κ1) is 82.8. The van der Waals surface area contributed by atoms with Crippen LogP contribution in [0.1, 0.15) is 74.9 Å². The Hall–Kier alpha value is -17.6. The minimum Gasteiger partial charge on any atom is -0.316 e. The van der Waals surface area contributed by atoms with Crippen LogP contribution in [0.5, 0.6) is 0 Å². The highest BCUT2D eigenvalue weighted by Gasteiger charge is 2.39. The van der Waals surface area contributed by atoms with Gasteiger partial charge in [-0.1, -0.05) is 339 Å². The molecule has 668 valence electrons. The number of aromatic nitrogens is 6. The van der Waals surface area contributed by atoms with Crippen molar-refractivity contribution in [3.63, 3.8) is 0 Å². The molecule has 0 N–H and O–H groups in total. The smallest absolute Gasteiger partial charge is 0.0635 e. The van der Waals surface area contributed by atoms with Crippen LogP contribution in [0.15, 0.2) is 486 Å². The van der Waals surface area contributed by atoms with E-state index in [-0.39, 0.29) is 16.2 Å². The summed E-state index contributed by atoms with van der Waals surface area (Å²) in [6, 6.07) is 171. The predicted molar refractivity (Wildman–Crippen MR) is 593 cm³/mol. The summed E-state index contributed by atoms with van der Waals surface area (Å²) in [5, 5.41) is 11.3. The standard InChI is InChI=1S/2C47H34N2.C41H30N2/c1-47(2)42-19-10-9-18-37(42)38-22-20-34(30-43(38)47)32-13-11-12-31(28-32)33-21-24-45-41(29-33)39-23-25-44-40(26-27-48(44)35-14-5-3-6-15-35)46(39)49(45)36-16-7-4-8-17-36;1-47(2)42-16-10-9-15-37(42)38-23-21-34(30-43(38)47)32-19-17-31(18-20-32)33-22-25-45-41(29-33)39-24-26-44-40(27-28-48(44)35-11-5-3-6-12-35)46(39)49(45)36-13-7-4-8-14-36;1-41(2)36-16-10-9-15-31(36)32-19-17-28(26-37(32)41)27-18-21-39-35(25-27)33-20-22-38-34(23-24-42(38)29-11-5-3-6-12-29)40(33)43(39)30-13-7-4-8-14-30/h2*3-30H,1-2H3;3-26H,1-2H3. The zero-order chi connectivity index (χ0) is 94.1. The van der Waals surface area contributed by atoms with E-state index in [0.29, 0.717) is 0 Å². The number of hydrogen-bond donors (Lipinski definition) is 0. The Kier molecular flexibility index (Phi) is 19.0. The number of fused-ring (bicyclic) bond motifs is 24. The first-order chi connectivity index (χ1) is 69.2. The molecular weight excluding hydrogens is 1710 g/mol. The SMILES string of the molecule is CC1(C)c2ccccc2-c2ccc(-c3ccc(-c4ccc5c(c4)c4ccc6c(ccn6-c6ccccc6)c4n5-c4ccccc4)cc3)cc21.CC1(C)c2ccccc2-c2ccc(-c3ccc4c(c3)c3ccc5c(ccn5-c5ccccc5)c3n4-c3ccccc3)cc21.CC1(C)c2ccccc2-c2ccc(-c3cccc(-c4ccc5c(c4)c4ccc6c(ccn6-c6ccccc6)c4n5-c4ccccc4)c3)cc21. The Morgan fingerprint density at radius 3 is 0.674 bits per heavy atom. The Morgan fingerprint density at radius 1 is 0.142 bits per heavy atom. The number of hydrogen-bond acceptors (Lipinski definition) is 0. The lowest BCUT2D eigenvalue weighted by Crippen LogP contribution is -2.14. The lowest BCUT2D eigenvalue weighted by atomic mass is 9.81. The van der Waals surface area contributed by atoms with Gasteiger partial charge in [-0.05, 0) is 292 Å². The van der Waals surface area contributed by atoms with Gasteiger partial charge in [-0.15, -0.1) is 0 Å². The quantitative estimate of drug-likeness (QED) is 0.124. The molecule has 6 heterocycles. The molecule has 29 rings (SSSR count). The van der Waals surface area contributed by atoms with E-state index in [1.807, 2.05) is 0 Å². The zero-order valence-corrected chi connectivity index (χ0v) is 79.4. The zero-order valence-electron chi connectivity index (χ0n) is 79.4. The Labute approximate surface area is 819 Å². The number of nitrogens with zero attached hydrogens (tertiary/aromatic N) is 6. The maximum absolute atomic E-state index is 2.44. The molecule has 0 aliphatic heterocycles. The summed E-state index contributed by atoms with van der Waals surface area (Å²) in [5.74, 6) is 0. The van der Waals surface area contributed by atoms with E-state index >= 15 is 0 Å². The Balaban J connectivity index is 0.000000106. The van der Waals surface area contributed by atoms with Gasteiger partial charge in [0.25, 0.3) is 0 Å². The number of benzene rings is 20. The van der Waals surface area contributed by atoms with Crippen LogP contribution >= 0.6 is 0 Å². The molecule has 0 amide bonds. The highest BCUT2D eigenvalue weighted by atomic mass is 15.0. The molecule has 141 heavy (non-hydrogen) atoms. The minimum atomic E-state index is -0.0228. The summed E-state index contributed by atoms with van der Waals surface area (Å²) >= 11 is 0. The van der Waals surface area contributed by atoms with Gasteiger partial charge in [0.1, 0.15) is 0 Å². The van der Waals surface area contributed by atoms with E-state index in [2.05, 4.69) is 555 Å². The van der Waals surface area contributed by atoms with Crippen molar-refractivity contribution in [3.8, 4) is 123 Å². The maximum Gasteiger partial charge on any atom is 0.0635 e. The maximum atomic E-state index is 2.44. The second-order valence-corrected chi connectivity index (χ2v) is 39.9. The number of para-hydroxylation sites is 6. The largest absolute Gasteiger partial charge is 0.316 e. The summed E-state index contributed by atoms with van der Waals surface area (Å²) in [6.45, 7) is 14.1. The van der Waals surface area contributed by atoms with Crippen LogP contribution in [0.25, 0.3) is 221 Å². The molecule has 6 heteroatoms. The molecule has 0 bridgehead atoms. The molecule has 26 aromatic rings. The van der Waals surface area contributed by atoms with Gasteiger partial charge in [0.2, 0.25) is 0 Å². The fourth-order valence-electron chi connectivity index (χ4n) is 24.1. The van der Waals surface area contributed by atoms with Crippen molar-refractivity contribution in [2.24, 2.45) is 0 Å². The average molecular weight is 1800 g/mol. The van der Waals surface area contributed by atoms with Crippen LogP contribution in [0.4, 0.5) is 0 Å². The van der Waals surface area contributed by atoms with Crippen molar-refractivity contribution >= 4 is 98.1 Å². The highest BCUT2D eigenvalue weighted by Crippen LogP contribution is 2.55. The highest BCUT2D eigenvalue weighted by molar-refractivity contribution is 6.22. The van der Waals surface area contributed by atoms with Crippen molar-refractivity contribution in [1.29, 1.82) is 0 Å². The Morgan fingerprint density at radius 2 is 0.369 bits per heavy atom. The van der Waals surface area contributed by atoms with Crippen molar-refractivity contribution < 1.29 is 0 Å². The lowest BCUT2D eigenvalue weighted by molar-refractivity contribution is 0.660. The summed E-state index contributed by atoms with van der Waals surface area (Å²) in [5.41, 5.74) is 46.9. The van der Waals surface area contributed by atoms with Gasteiger partial charge in [0.15, 0.2) is 0 Å². The lowest BCUT2D eigenvalue weighted by Gasteiger charge is -2.22. The normalized spacial score (nSPS) is 13.3. The van der Waals surface area contributed by atoms with Crippen molar-refractivity contribution in [3.05, 3.63) is 519 Å². The van der Waals surface area contributed by atoms with Gasteiger partial charge in [-0.25, -0.2) is 0 Å². The fourth-order valence-corrected chi connectivity index (χ4v) is 24.1. The fraction of sp³-hybridized carbons (Fsp3) is 0.0667. The van der Waals surface area contributed by atoms with Crippen molar-refractivity contribution in [1.82, 2.24) is 27.4 Å². The monoisotopic (exact) mass is 1800 g/mol. The Bertz CT molecular complexity index is 9530. The van der Waals surface area contributed by atoms with E-state index in [9.17, 15) is 0 Å². The summed E-state index contributed by atoms with van der Waals surface area (Å²) < 4.78 is 14.2. The van der Waals surface area contributed by atoms with Crippen molar-refractivity contribution in [2.45, 2.75) is 57.8 Å². The molecule has 6 nitrogen and oxygen atoms in total. The van der Waals surface area contributed by atoms with E-state index in [0.717, 1.165) is 5.69 Å². The molecule has 20 aromatic carbocycles. The van der Waals surface area contributed by atoms with Gasteiger partial charge in [-0.3, -0.25) is 0 Å². The third kappa shape index (κ3) is 13.1. The molecule has 0 spiro atoms. The summed E-state index contributed by atoms with van der Waals surface area (Å²) in [4.78, 5) is 0. The average Bonchev–Trinajstić information content (AvgIpc) is 1.59. The van der Waals surface area contributed by atoms with Crippen LogP contribution in [-0.2, 0) is 16.2 Å². The van der Waals surface area contributed by atoms with Crippen LogP contribution in [0, 0.1) is 0 Å². The molecule has 0 radical (unpaired) electrons. The van der Waals surface area contributed by atoms with Gasteiger partial charge in [-0.2, -0.15) is 0 Å². The molecule has 0 saturated heterocycles. The molecule has 6 aromatic heterocycles. The molecule has 3 aliphatic carbocycles. The molecular formula is C135H98N6. The summed E-state index contributed by atoms with van der Waals surface area (Å²) in [6.07, 6.45) is 6.59. The van der Waals surface area contributed by atoms with Gasteiger partial charge < -0.3 is 27.4 Å². The molecule has 3 aliphatic rings. The van der Waals surface area contributed by atoms with Crippen LogP contribution < -0.4 is 0 Å². The first-order valence-electron chi connectivity index (χ1n) is 49.2. The van der Waals surface area contributed by atoms with Crippen molar-refractivity contribution in [2.75, 3.05) is 0 Å². The van der Waals surface area contributed by atoms with E-state index < -0.39 is 0 Å². The minimum absolute atomic E-state index is 0.00797. The van der Waals surface area contributed by atoms with Gasteiger partial charge in [0, 0.05) is 117 Å². The van der Waals surface area contributed by atoms with Crippen LogP contribution in [-0.4, -0.2) is 27.4 Å². The second kappa shape index (κ2) is 32.3. The van der Waals surface area contributed by atoms with E-state index in [1.165, 1.54) is 249 Å². The van der Waals surface area contributed by atoms with E-state index in [1.54, 1.807) is 0 Å². The third-order valence-electron chi connectivity index (χ3n) is 31.1. The van der Waals surface area contributed by atoms with Gasteiger partial charge >= 0.3 is 0 Å². The van der Waals surface area contributed by atoms with Crippen LogP contribution in [0.3, 0.4) is 0 Å². The third-order valence-corrected chi connectivity index (χ3v) is 31.1. The second-order valence-electron chi connectivity index (χ2n) is 39.9.